The van der Waals surface area contributed by atoms with Crippen molar-refractivity contribution in [2.75, 3.05) is 0 Å². The molecule has 1 aliphatic rings. The molecule has 0 amide bonds. The number of hydrogen-bond donors (Lipinski definition) is 0. The highest BCUT2D eigenvalue weighted by molar-refractivity contribution is 5.85. The van der Waals surface area contributed by atoms with Gasteiger partial charge in [-0.1, -0.05) is 87.3 Å². The van der Waals surface area contributed by atoms with Crippen LogP contribution >= 0.6 is 0 Å². The maximum Gasteiger partial charge on any atom is 0.134 e. The Morgan fingerprint density at radius 2 is 1.56 bits per heavy atom. The van der Waals surface area contributed by atoms with Gasteiger partial charge in [-0.3, -0.25) is 0 Å². The minimum Gasteiger partial charge on any atom is -0.206 e. The second-order valence-electron chi connectivity index (χ2n) is 10.7. The molecule has 1 aliphatic carbocycles. The topological polar surface area (TPSA) is 0 Å². The predicted molar refractivity (Wildman–Crippen MR) is 153 cm³/mol. The Bertz CT molecular complexity index is 1180. The molecule has 0 saturated heterocycles. The number of halogens is 1. The minimum absolute atomic E-state index is 0.0658. The van der Waals surface area contributed by atoms with Crippen molar-refractivity contribution in [2.45, 2.75) is 84.0 Å². The first-order valence-corrected chi connectivity index (χ1v) is 14.1. The van der Waals surface area contributed by atoms with Crippen molar-refractivity contribution >= 4 is 10.8 Å². The van der Waals surface area contributed by atoms with E-state index in [1.807, 2.05) is 30.3 Å². The lowest BCUT2D eigenvalue weighted by atomic mass is 9.78. The molecule has 0 aliphatic heterocycles. The minimum atomic E-state index is -0.0658. The summed E-state index contributed by atoms with van der Waals surface area (Å²) in [6.45, 7) is 6.09. The van der Waals surface area contributed by atoms with Crippen molar-refractivity contribution in [3.8, 4) is 11.8 Å². The average molecular weight is 481 g/mol. The zero-order valence-electron chi connectivity index (χ0n) is 22.0. The third kappa shape index (κ3) is 7.33. The highest BCUT2D eigenvalue weighted by Gasteiger charge is 2.19. The molecule has 1 fully saturated rings. The molecule has 0 nitrogen and oxygen atoms in total. The number of benzene rings is 3. The second-order valence-corrected chi connectivity index (χ2v) is 10.7. The van der Waals surface area contributed by atoms with Crippen molar-refractivity contribution in [3.05, 3.63) is 95.3 Å². The first kappa shape index (κ1) is 26.2. The van der Waals surface area contributed by atoms with Crippen LogP contribution in [-0.2, 0) is 12.8 Å². The van der Waals surface area contributed by atoms with Crippen LogP contribution in [0.15, 0.2) is 67.3 Å². The van der Waals surface area contributed by atoms with Gasteiger partial charge in [-0.2, -0.15) is 0 Å². The smallest absolute Gasteiger partial charge is 0.134 e. The maximum absolute atomic E-state index is 15.0. The van der Waals surface area contributed by atoms with Gasteiger partial charge in [-0.05, 0) is 97.6 Å². The number of aryl methyl sites for hydroxylation is 2. The number of unbranched alkanes of at least 4 members (excludes halogenated alkanes) is 3. The molecule has 36 heavy (non-hydrogen) atoms. The van der Waals surface area contributed by atoms with Gasteiger partial charge in [0.05, 0.1) is 0 Å². The van der Waals surface area contributed by atoms with Crippen LogP contribution < -0.4 is 0 Å². The molecule has 0 N–H and O–H groups in total. The van der Waals surface area contributed by atoms with Crippen LogP contribution in [0.5, 0.6) is 0 Å². The maximum atomic E-state index is 15.0. The Morgan fingerprint density at radius 3 is 2.31 bits per heavy atom. The number of fused-ring (bicyclic) bond motifs is 1. The molecule has 0 spiro atoms. The fourth-order valence-corrected chi connectivity index (χ4v) is 5.61. The Labute approximate surface area is 218 Å². The van der Waals surface area contributed by atoms with E-state index >= 15 is 0 Å². The standard InChI is InChI=1S/C35H41F/c1-3-5-6-7-9-32-23-24-33-26-31(22-25-34(33)35(32)36)21-20-30-18-16-29(17-19-30)15-14-28-12-10-27(8-4-2)11-13-28/h4,16-19,22-28H,2-3,5-15H2,1H3. The van der Waals surface area contributed by atoms with Gasteiger partial charge in [-0.25, -0.2) is 4.39 Å². The van der Waals surface area contributed by atoms with Crippen molar-refractivity contribution in [3.63, 3.8) is 0 Å². The number of rotatable bonds is 10. The number of hydrogen-bond acceptors (Lipinski definition) is 0. The molecule has 4 rings (SSSR count). The van der Waals surface area contributed by atoms with Crippen molar-refractivity contribution in [1.29, 1.82) is 0 Å². The normalized spacial score (nSPS) is 17.5. The van der Waals surface area contributed by atoms with Crippen molar-refractivity contribution < 1.29 is 4.39 Å². The molecule has 0 bridgehead atoms. The first-order valence-electron chi connectivity index (χ1n) is 14.1. The Balaban J connectivity index is 1.32. The molecular formula is C35H41F. The summed E-state index contributed by atoms with van der Waals surface area (Å²) in [4.78, 5) is 0. The predicted octanol–water partition coefficient (Wildman–Crippen LogP) is 9.82. The van der Waals surface area contributed by atoms with E-state index in [-0.39, 0.29) is 5.82 Å². The van der Waals surface area contributed by atoms with Crippen LogP contribution in [0.1, 0.15) is 93.4 Å². The highest BCUT2D eigenvalue weighted by atomic mass is 19.1. The van der Waals surface area contributed by atoms with Gasteiger partial charge < -0.3 is 0 Å². The van der Waals surface area contributed by atoms with Crippen LogP contribution in [0.4, 0.5) is 4.39 Å². The largest absolute Gasteiger partial charge is 0.206 e. The lowest BCUT2D eigenvalue weighted by molar-refractivity contribution is 0.265. The molecule has 3 aromatic rings. The third-order valence-electron chi connectivity index (χ3n) is 7.95. The quantitative estimate of drug-likeness (QED) is 0.154. The molecule has 188 valence electrons. The van der Waals surface area contributed by atoms with Gasteiger partial charge in [0.2, 0.25) is 0 Å². The van der Waals surface area contributed by atoms with E-state index in [1.165, 1.54) is 63.4 Å². The Morgan fingerprint density at radius 1 is 0.833 bits per heavy atom. The van der Waals surface area contributed by atoms with Crippen molar-refractivity contribution in [2.24, 2.45) is 11.8 Å². The van der Waals surface area contributed by atoms with Crippen LogP contribution in [-0.4, -0.2) is 0 Å². The zero-order chi connectivity index (χ0) is 25.2. The van der Waals surface area contributed by atoms with E-state index in [0.717, 1.165) is 53.2 Å². The van der Waals surface area contributed by atoms with Gasteiger partial charge in [0.25, 0.3) is 0 Å². The number of allylic oxidation sites excluding steroid dienone is 1. The second kappa shape index (κ2) is 13.5. The Kier molecular flexibility index (Phi) is 9.80. The van der Waals surface area contributed by atoms with E-state index in [4.69, 9.17) is 0 Å². The third-order valence-corrected chi connectivity index (χ3v) is 7.95. The van der Waals surface area contributed by atoms with Gasteiger partial charge in [0.1, 0.15) is 5.82 Å². The summed E-state index contributed by atoms with van der Waals surface area (Å²) in [5.41, 5.74) is 4.18. The van der Waals surface area contributed by atoms with Gasteiger partial charge in [0.15, 0.2) is 0 Å². The lowest BCUT2D eigenvalue weighted by Crippen LogP contribution is -2.14. The average Bonchev–Trinajstić information content (AvgIpc) is 2.91. The molecule has 3 aromatic carbocycles. The monoisotopic (exact) mass is 480 g/mol. The summed E-state index contributed by atoms with van der Waals surface area (Å²) in [6.07, 6.45) is 16.7. The fraction of sp³-hybridized carbons (Fsp3) is 0.429. The summed E-state index contributed by atoms with van der Waals surface area (Å²) < 4.78 is 15.0. The summed E-state index contributed by atoms with van der Waals surface area (Å²) in [7, 11) is 0. The molecule has 1 saturated carbocycles. The molecular weight excluding hydrogens is 439 g/mol. The molecule has 0 radical (unpaired) electrons. The molecule has 0 unspecified atom stereocenters. The van der Waals surface area contributed by atoms with E-state index < -0.39 is 0 Å². The highest BCUT2D eigenvalue weighted by Crippen LogP contribution is 2.33. The van der Waals surface area contributed by atoms with E-state index in [0.29, 0.717) is 5.39 Å². The molecule has 0 aromatic heterocycles. The summed E-state index contributed by atoms with van der Waals surface area (Å²) >= 11 is 0. The van der Waals surface area contributed by atoms with E-state index in [1.54, 1.807) is 0 Å². The molecule has 0 heterocycles. The SMILES string of the molecule is C=CCC1CCC(CCc2ccc(C#Cc3ccc4c(F)c(CCCCCC)ccc4c3)cc2)CC1. The van der Waals surface area contributed by atoms with Crippen LogP contribution in [0.25, 0.3) is 10.8 Å². The Hall–Kier alpha value is -2.85. The fourth-order valence-electron chi connectivity index (χ4n) is 5.61. The summed E-state index contributed by atoms with van der Waals surface area (Å²) in [5, 5.41) is 1.62. The molecule has 1 heteroatoms. The van der Waals surface area contributed by atoms with E-state index in [9.17, 15) is 4.39 Å². The molecule has 0 atom stereocenters. The van der Waals surface area contributed by atoms with E-state index in [2.05, 4.69) is 55.7 Å². The van der Waals surface area contributed by atoms with Gasteiger partial charge in [-0.15, -0.1) is 6.58 Å². The van der Waals surface area contributed by atoms with Gasteiger partial charge in [0, 0.05) is 16.5 Å². The summed E-state index contributed by atoms with van der Waals surface area (Å²) in [5.74, 6) is 8.24. The zero-order valence-corrected chi connectivity index (χ0v) is 22.0. The summed E-state index contributed by atoms with van der Waals surface area (Å²) in [6, 6.07) is 18.5. The van der Waals surface area contributed by atoms with Gasteiger partial charge >= 0.3 is 0 Å². The van der Waals surface area contributed by atoms with Crippen LogP contribution in [0.3, 0.4) is 0 Å². The van der Waals surface area contributed by atoms with Crippen LogP contribution in [0.2, 0.25) is 0 Å². The lowest BCUT2D eigenvalue weighted by Gasteiger charge is -2.27. The van der Waals surface area contributed by atoms with Crippen molar-refractivity contribution in [1.82, 2.24) is 0 Å². The van der Waals surface area contributed by atoms with Crippen LogP contribution in [0, 0.1) is 29.5 Å². The first-order chi connectivity index (χ1) is 17.7.